The standard InChI is InChI=1S/C14H22N4O2/c1-11-4-7-15-13(12(11)18(19)20)16-10-14(2)5-8-17(3)9-6-14/h4,7H,5-6,8-10H2,1-3H3,(H,15,16). The highest BCUT2D eigenvalue weighted by atomic mass is 16.6. The molecule has 20 heavy (non-hydrogen) atoms. The zero-order chi connectivity index (χ0) is 14.8. The number of likely N-dealkylation sites (tertiary alicyclic amines) is 1. The Morgan fingerprint density at radius 2 is 2.15 bits per heavy atom. The van der Waals surface area contributed by atoms with Crippen molar-refractivity contribution in [1.29, 1.82) is 0 Å². The van der Waals surface area contributed by atoms with Gasteiger partial charge in [-0.2, -0.15) is 0 Å². The van der Waals surface area contributed by atoms with Gasteiger partial charge in [0.15, 0.2) is 0 Å². The van der Waals surface area contributed by atoms with E-state index in [0.717, 1.165) is 32.5 Å². The number of hydrogen-bond donors (Lipinski definition) is 1. The number of pyridine rings is 1. The van der Waals surface area contributed by atoms with Gasteiger partial charge >= 0.3 is 5.69 Å². The summed E-state index contributed by atoms with van der Waals surface area (Å²) >= 11 is 0. The summed E-state index contributed by atoms with van der Waals surface area (Å²) in [6, 6.07) is 1.67. The third kappa shape index (κ3) is 3.25. The van der Waals surface area contributed by atoms with E-state index in [0.29, 0.717) is 11.4 Å². The fourth-order valence-corrected chi connectivity index (χ4v) is 2.54. The molecular formula is C14H22N4O2. The highest BCUT2D eigenvalue weighted by Crippen LogP contribution is 2.32. The molecular weight excluding hydrogens is 256 g/mol. The Hall–Kier alpha value is -1.69. The summed E-state index contributed by atoms with van der Waals surface area (Å²) in [7, 11) is 2.12. The van der Waals surface area contributed by atoms with Crippen LogP contribution in [0, 0.1) is 22.5 Å². The summed E-state index contributed by atoms with van der Waals surface area (Å²) in [5.74, 6) is 0.384. The van der Waals surface area contributed by atoms with E-state index in [9.17, 15) is 10.1 Å². The van der Waals surface area contributed by atoms with E-state index in [1.165, 1.54) is 0 Å². The lowest BCUT2D eigenvalue weighted by Crippen LogP contribution is -2.40. The Bertz CT molecular complexity index is 496. The van der Waals surface area contributed by atoms with E-state index in [2.05, 4.69) is 29.2 Å². The van der Waals surface area contributed by atoms with Crippen molar-refractivity contribution in [2.24, 2.45) is 5.41 Å². The molecule has 1 aliphatic heterocycles. The maximum Gasteiger partial charge on any atom is 0.314 e. The minimum absolute atomic E-state index is 0.0871. The first kappa shape index (κ1) is 14.7. The molecule has 2 heterocycles. The van der Waals surface area contributed by atoms with Crippen LogP contribution in [0.3, 0.4) is 0 Å². The zero-order valence-corrected chi connectivity index (χ0v) is 12.3. The molecule has 1 aliphatic rings. The molecule has 0 spiro atoms. The van der Waals surface area contributed by atoms with Crippen LogP contribution in [-0.2, 0) is 0 Å². The second-order valence-corrected chi connectivity index (χ2v) is 6.05. The van der Waals surface area contributed by atoms with Gasteiger partial charge in [-0.25, -0.2) is 4.98 Å². The van der Waals surface area contributed by atoms with Gasteiger partial charge in [-0.15, -0.1) is 0 Å². The summed E-state index contributed by atoms with van der Waals surface area (Å²) in [5, 5.41) is 14.3. The quantitative estimate of drug-likeness (QED) is 0.676. The molecule has 0 aromatic carbocycles. The second-order valence-electron chi connectivity index (χ2n) is 6.05. The monoisotopic (exact) mass is 278 g/mol. The second kappa shape index (κ2) is 5.75. The van der Waals surface area contributed by atoms with Crippen LogP contribution in [0.2, 0.25) is 0 Å². The fraction of sp³-hybridized carbons (Fsp3) is 0.643. The van der Waals surface area contributed by atoms with Crippen molar-refractivity contribution in [2.75, 3.05) is 32.0 Å². The van der Waals surface area contributed by atoms with Gasteiger partial charge in [0, 0.05) is 18.3 Å². The number of hydrogen-bond acceptors (Lipinski definition) is 5. The van der Waals surface area contributed by atoms with Gasteiger partial charge < -0.3 is 10.2 Å². The first-order valence-electron chi connectivity index (χ1n) is 6.94. The molecule has 0 unspecified atom stereocenters. The Labute approximate surface area is 119 Å². The van der Waals surface area contributed by atoms with Crippen LogP contribution >= 0.6 is 0 Å². The fourth-order valence-electron chi connectivity index (χ4n) is 2.54. The van der Waals surface area contributed by atoms with Gasteiger partial charge in [0.05, 0.1) is 4.92 Å². The predicted molar refractivity (Wildman–Crippen MR) is 79.0 cm³/mol. The van der Waals surface area contributed by atoms with Crippen LogP contribution in [-0.4, -0.2) is 41.5 Å². The van der Waals surface area contributed by atoms with E-state index in [-0.39, 0.29) is 16.0 Å². The van der Waals surface area contributed by atoms with Crippen molar-refractivity contribution in [1.82, 2.24) is 9.88 Å². The van der Waals surface area contributed by atoms with Crippen molar-refractivity contribution >= 4 is 11.5 Å². The molecule has 1 aromatic rings. The third-order valence-corrected chi connectivity index (χ3v) is 4.19. The van der Waals surface area contributed by atoms with Crippen molar-refractivity contribution in [2.45, 2.75) is 26.7 Å². The largest absolute Gasteiger partial charge is 0.364 e. The van der Waals surface area contributed by atoms with E-state index >= 15 is 0 Å². The molecule has 6 heteroatoms. The van der Waals surface area contributed by atoms with Crippen LogP contribution in [0.15, 0.2) is 12.3 Å². The maximum absolute atomic E-state index is 11.1. The maximum atomic E-state index is 11.1. The summed E-state index contributed by atoms with van der Waals surface area (Å²) < 4.78 is 0. The molecule has 0 aliphatic carbocycles. The highest BCUT2D eigenvalue weighted by Gasteiger charge is 2.29. The van der Waals surface area contributed by atoms with Crippen molar-refractivity contribution < 1.29 is 4.92 Å². The van der Waals surface area contributed by atoms with Crippen molar-refractivity contribution in [3.05, 3.63) is 27.9 Å². The number of rotatable bonds is 4. The minimum atomic E-state index is -0.359. The van der Waals surface area contributed by atoms with Crippen molar-refractivity contribution in [3.8, 4) is 0 Å². The average molecular weight is 278 g/mol. The van der Waals surface area contributed by atoms with Gasteiger partial charge in [0.1, 0.15) is 0 Å². The summed E-state index contributed by atoms with van der Waals surface area (Å²) in [6.07, 6.45) is 3.80. The molecule has 1 N–H and O–H groups in total. The number of aromatic nitrogens is 1. The van der Waals surface area contributed by atoms with Crippen LogP contribution in [0.4, 0.5) is 11.5 Å². The highest BCUT2D eigenvalue weighted by molar-refractivity contribution is 5.59. The topological polar surface area (TPSA) is 71.3 Å². The Morgan fingerprint density at radius 1 is 1.50 bits per heavy atom. The molecule has 0 amide bonds. The Balaban J connectivity index is 2.08. The van der Waals surface area contributed by atoms with Gasteiger partial charge in [0.25, 0.3) is 0 Å². The molecule has 0 bridgehead atoms. The number of aryl methyl sites for hydroxylation is 1. The number of nitrogens with zero attached hydrogens (tertiary/aromatic N) is 3. The predicted octanol–water partition coefficient (Wildman–Crippen LogP) is 2.44. The molecule has 2 rings (SSSR count). The first-order valence-corrected chi connectivity index (χ1v) is 6.94. The normalized spacial score (nSPS) is 18.8. The van der Waals surface area contributed by atoms with Gasteiger partial charge in [-0.3, -0.25) is 10.1 Å². The minimum Gasteiger partial charge on any atom is -0.364 e. The van der Waals surface area contributed by atoms with E-state index in [1.54, 1.807) is 19.2 Å². The lowest BCUT2D eigenvalue weighted by Gasteiger charge is -2.38. The molecule has 0 radical (unpaired) electrons. The summed E-state index contributed by atoms with van der Waals surface area (Å²) in [5.41, 5.74) is 0.899. The Morgan fingerprint density at radius 3 is 2.75 bits per heavy atom. The third-order valence-electron chi connectivity index (χ3n) is 4.19. The van der Waals surface area contributed by atoms with Crippen LogP contribution in [0.1, 0.15) is 25.3 Å². The summed E-state index contributed by atoms with van der Waals surface area (Å²) in [4.78, 5) is 17.2. The molecule has 1 aromatic heterocycles. The lowest BCUT2D eigenvalue weighted by molar-refractivity contribution is -0.384. The summed E-state index contributed by atoms with van der Waals surface area (Å²) in [6.45, 7) is 6.83. The van der Waals surface area contributed by atoms with E-state index < -0.39 is 0 Å². The van der Waals surface area contributed by atoms with Gasteiger partial charge in [-0.05, 0) is 51.4 Å². The van der Waals surface area contributed by atoms with Crippen molar-refractivity contribution in [3.63, 3.8) is 0 Å². The molecule has 1 saturated heterocycles. The Kier molecular flexibility index (Phi) is 4.23. The molecule has 0 atom stereocenters. The van der Waals surface area contributed by atoms with Crippen LogP contribution in [0.25, 0.3) is 0 Å². The van der Waals surface area contributed by atoms with Crippen LogP contribution in [0.5, 0.6) is 0 Å². The van der Waals surface area contributed by atoms with Gasteiger partial charge in [0.2, 0.25) is 5.82 Å². The van der Waals surface area contributed by atoms with Crippen LogP contribution < -0.4 is 5.32 Å². The number of anilines is 1. The zero-order valence-electron chi connectivity index (χ0n) is 12.3. The van der Waals surface area contributed by atoms with E-state index in [4.69, 9.17) is 0 Å². The number of piperidine rings is 1. The SMILES string of the molecule is Cc1ccnc(NCC2(C)CCN(C)CC2)c1[N+](=O)[O-]. The molecule has 1 fully saturated rings. The smallest absolute Gasteiger partial charge is 0.314 e. The average Bonchev–Trinajstić information content (AvgIpc) is 2.40. The molecule has 6 nitrogen and oxygen atoms in total. The van der Waals surface area contributed by atoms with E-state index in [1.807, 2.05) is 0 Å². The number of nitro groups is 1. The first-order chi connectivity index (χ1) is 9.41. The lowest BCUT2D eigenvalue weighted by atomic mass is 9.80. The van der Waals surface area contributed by atoms with Gasteiger partial charge in [-0.1, -0.05) is 6.92 Å². The molecule has 0 saturated carbocycles. The number of nitrogens with one attached hydrogen (secondary N) is 1. The molecule has 110 valence electrons.